The monoisotopic (exact) mass is 456 g/mol. The molecule has 4 aromatic rings. The van der Waals surface area contributed by atoms with Gasteiger partial charge in [0, 0.05) is 53.9 Å². The van der Waals surface area contributed by atoms with Gasteiger partial charge in [0.2, 0.25) is 5.91 Å². The summed E-state index contributed by atoms with van der Waals surface area (Å²) in [7, 11) is 1.59. The number of pyridine rings is 1. The van der Waals surface area contributed by atoms with Crippen molar-refractivity contribution in [3.05, 3.63) is 95.4 Å². The van der Waals surface area contributed by atoms with E-state index in [0.717, 1.165) is 27.7 Å². The summed E-state index contributed by atoms with van der Waals surface area (Å²) < 4.78 is 5.29. The molecule has 0 aliphatic heterocycles. The molecule has 2 aromatic heterocycles. The molecule has 0 saturated carbocycles. The Bertz CT molecular complexity index is 1280. The third kappa shape index (κ3) is 5.43. The standard InChI is InChI=1S/C27H28N4O3/c1-18-15-19(10-11-25(18)34-2)26(32)31-24(16-20-17-30-23-9-4-3-8-22(20)23)27(33)29-14-12-21-7-5-6-13-28-21/h3-11,13,15,17,24,30H,12,14,16H2,1-2H3,(H,29,33)(H,31,32)/t24-/m1/s1. The topological polar surface area (TPSA) is 96.1 Å². The molecule has 0 fully saturated rings. The highest BCUT2D eigenvalue weighted by Gasteiger charge is 2.23. The lowest BCUT2D eigenvalue weighted by Gasteiger charge is -2.19. The number of aromatic amines is 1. The van der Waals surface area contributed by atoms with E-state index in [0.29, 0.717) is 30.7 Å². The van der Waals surface area contributed by atoms with Crippen molar-refractivity contribution in [1.82, 2.24) is 20.6 Å². The second-order valence-corrected chi connectivity index (χ2v) is 8.14. The number of carbonyl (C=O) groups excluding carboxylic acids is 2. The SMILES string of the molecule is COc1ccc(C(=O)N[C@H](Cc2c[nH]c3ccccc23)C(=O)NCCc2ccccn2)cc1C. The number of amides is 2. The van der Waals surface area contributed by atoms with Gasteiger partial charge in [-0.1, -0.05) is 24.3 Å². The van der Waals surface area contributed by atoms with Gasteiger partial charge in [-0.15, -0.1) is 0 Å². The van der Waals surface area contributed by atoms with Crippen LogP contribution in [0.1, 0.15) is 27.2 Å². The summed E-state index contributed by atoms with van der Waals surface area (Å²) in [6.07, 6.45) is 4.59. The average Bonchev–Trinajstić information content (AvgIpc) is 3.27. The number of H-pyrrole nitrogens is 1. The lowest BCUT2D eigenvalue weighted by atomic mass is 10.0. The summed E-state index contributed by atoms with van der Waals surface area (Å²) in [5.74, 6) is 0.162. The molecule has 4 rings (SSSR count). The number of carbonyl (C=O) groups is 2. The van der Waals surface area contributed by atoms with Crippen LogP contribution in [0.3, 0.4) is 0 Å². The van der Waals surface area contributed by atoms with Gasteiger partial charge in [-0.25, -0.2) is 0 Å². The van der Waals surface area contributed by atoms with Crippen molar-refractivity contribution in [1.29, 1.82) is 0 Å². The van der Waals surface area contributed by atoms with Crippen LogP contribution < -0.4 is 15.4 Å². The Morgan fingerprint density at radius 2 is 1.91 bits per heavy atom. The summed E-state index contributed by atoms with van der Waals surface area (Å²) in [6, 6.07) is 18.1. The van der Waals surface area contributed by atoms with E-state index in [9.17, 15) is 9.59 Å². The maximum absolute atomic E-state index is 13.2. The smallest absolute Gasteiger partial charge is 0.251 e. The Labute approximate surface area is 198 Å². The Balaban J connectivity index is 1.51. The van der Waals surface area contributed by atoms with Gasteiger partial charge >= 0.3 is 0 Å². The zero-order valence-electron chi connectivity index (χ0n) is 19.3. The first-order chi connectivity index (χ1) is 16.5. The minimum atomic E-state index is -0.738. The fraction of sp³-hybridized carbons (Fsp3) is 0.222. The molecule has 0 radical (unpaired) electrons. The van der Waals surface area contributed by atoms with Gasteiger partial charge in [0.25, 0.3) is 5.91 Å². The third-order valence-corrected chi connectivity index (χ3v) is 5.78. The Hall–Kier alpha value is -4.13. The van der Waals surface area contributed by atoms with Gasteiger partial charge in [-0.05, 0) is 54.4 Å². The van der Waals surface area contributed by atoms with Gasteiger partial charge in [0.15, 0.2) is 0 Å². The first-order valence-electron chi connectivity index (χ1n) is 11.2. The van der Waals surface area contributed by atoms with E-state index < -0.39 is 6.04 Å². The number of benzene rings is 2. The molecular formula is C27H28N4O3. The Morgan fingerprint density at radius 3 is 2.68 bits per heavy atom. The van der Waals surface area contributed by atoms with Crippen LogP contribution >= 0.6 is 0 Å². The predicted octanol–water partition coefficient (Wildman–Crippen LogP) is 3.58. The molecule has 0 aliphatic carbocycles. The number of para-hydroxylation sites is 1. The maximum atomic E-state index is 13.2. The van der Waals surface area contributed by atoms with Gasteiger partial charge in [-0.3, -0.25) is 14.6 Å². The number of nitrogens with zero attached hydrogens (tertiary/aromatic N) is 1. The maximum Gasteiger partial charge on any atom is 0.251 e. The number of aromatic nitrogens is 2. The van der Waals surface area contributed by atoms with Crippen LogP contribution in [0.25, 0.3) is 10.9 Å². The average molecular weight is 457 g/mol. The minimum Gasteiger partial charge on any atom is -0.496 e. The van der Waals surface area contributed by atoms with E-state index in [2.05, 4.69) is 20.6 Å². The quantitative estimate of drug-likeness (QED) is 0.359. The van der Waals surface area contributed by atoms with E-state index in [1.54, 1.807) is 31.5 Å². The molecule has 7 nitrogen and oxygen atoms in total. The molecular weight excluding hydrogens is 428 g/mol. The summed E-state index contributed by atoms with van der Waals surface area (Å²) in [4.78, 5) is 33.7. The van der Waals surface area contributed by atoms with Crippen molar-refractivity contribution in [2.24, 2.45) is 0 Å². The highest BCUT2D eigenvalue weighted by Crippen LogP contribution is 2.21. The molecule has 0 spiro atoms. The van der Waals surface area contributed by atoms with Crippen molar-refractivity contribution in [3.63, 3.8) is 0 Å². The van der Waals surface area contributed by atoms with Gasteiger partial charge < -0.3 is 20.4 Å². The number of ether oxygens (including phenoxy) is 1. The molecule has 34 heavy (non-hydrogen) atoms. The second kappa shape index (κ2) is 10.7. The fourth-order valence-corrected chi connectivity index (χ4v) is 3.97. The number of nitrogens with one attached hydrogen (secondary N) is 3. The number of aryl methyl sites for hydroxylation is 1. The zero-order valence-corrected chi connectivity index (χ0v) is 19.3. The minimum absolute atomic E-state index is 0.236. The first-order valence-corrected chi connectivity index (χ1v) is 11.2. The van der Waals surface area contributed by atoms with Crippen LogP contribution in [0.2, 0.25) is 0 Å². The first kappa shape index (κ1) is 23.0. The molecule has 174 valence electrons. The lowest BCUT2D eigenvalue weighted by molar-refractivity contribution is -0.122. The lowest BCUT2D eigenvalue weighted by Crippen LogP contribution is -2.48. The highest BCUT2D eigenvalue weighted by atomic mass is 16.5. The van der Waals surface area contributed by atoms with E-state index >= 15 is 0 Å². The predicted molar refractivity (Wildman–Crippen MR) is 132 cm³/mol. The summed E-state index contributed by atoms with van der Waals surface area (Å²) >= 11 is 0. The number of fused-ring (bicyclic) bond motifs is 1. The van der Waals surface area contributed by atoms with Gasteiger partial charge in [-0.2, -0.15) is 0 Å². The van der Waals surface area contributed by atoms with Crippen LogP contribution in [-0.4, -0.2) is 41.5 Å². The van der Waals surface area contributed by atoms with E-state index in [-0.39, 0.29) is 11.8 Å². The number of methoxy groups -OCH3 is 1. The molecule has 0 bridgehead atoms. The molecule has 7 heteroatoms. The Kier molecular flexibility index (Phi) is 7.22. The van der Waals surface area contributed by atoms with E-state index in [1.165, 1.54) is 0 Å². The fourth-order valence-electron chi connectivity index (χ4n) is 3.97. The molecule has 3 N–H and O–H groups in total. The van der Waals surface area contributed by atoms with Crippen LogP contribution in [-0.2, 0) is 17.6 Å². The molecule has 2 amide bonds. The van der Waals surface area contributed by atoms with Crippen LogP contribution in [0, 0.1) is 6.92 Å². The number of hydrogen-bond donors (Lipinski definition) is 3. The van der Waals surface area contributed by atoms with Crippen LogP contribution in [0.15, 0.2) is 73.1 Å². The summed E-state index contributed by atoms with van der Waals surface area (Å²) in [5.41, 5.74) is 4.18. The molecule has 1 atom stereocenters. The van der Waals surface area contributed by atoms with Crippen molar-refractivity contribution in [2.45, 2.75) is 25.8 Å². The molecule has 0 unspecified atom stereocenters. The van der Waals surface area contributed by atoms with Gasteiger partial charge in [0.1, 0.15) is 11.8 Å². The molecule has 0 aliphatic rings. The highest BCUT2D eigenvalue weighted by molar-refractivity contribution is 5.98. The summed E-state index contributed by atoms with van der Waals surface area (Å²) in [5, 5.41) is 6.91. The molecule has 2 heterocycles. The second-order valence-electron chi connectivity index (χ2n) is 8.14. The number of rotatable bonds is 9. The largest absolute Gasteiger partial charge is 0.496 e. The molecule has 0 saturated heterocycles. The van der Waals surface area contributed by atoms with Gasteiger partial charge in [0.05, 0.1) is 7.11 Å². The van der Waals surface area contributed by atoms with Crippen molar-refractivity contribution in [2.75, 3.05) is 13.7 Å². The number of hydrogen-bond acceptors (Lipinski definition) is 4. The third-order valence-electron chi connectivity index (χ3n) is 5.78. The van der Waals surface area contributed by atoms with Crippen LogP contribution in [0.4, 0.5) is 0 Å². The Morgan fingerprint density at radius 1 is 1.09 bits per heavy atom. The normalized spacial score (nSPS) is 11.7. The van der Waals surface area contributed by atoms with E-state index in [4.69, 9.17) is 4.74 Å². The van der Waals surface area contributed by atoms with Crippen molar-refractivity contribution < 1.29 is 14.3 Å². The van der Waals surface area contributed by atoms with Crippen LogP contribution in [0.5, 0.6) is 5.75 Å². The van der Waals surface area contributed by atoms with Crippen molar-refractivity contribution in [3.8, 4) is 5.75 Å². The molecule has 2 aromatic carbocycles. The zero-order chi connectivity index (χ0) is 23.9. The van der Waals surface area contributed by atoms with E-state index in [1.807, 2.05) is 55.6 Å². The van der Waals surface area contributed by atoms with Crippen molar-refractivity contribution >= 4 is 22.7 Å². The summed E-state index contributed by atoms with van der Waals surface area (Å²) in [6.45, 7) is 2.31.